The molecule has 2 nitrogen and oxygen atoms in total. The molecule has 0 saturated heterocycles. The standard InChI is InChI=1S/C15H10F3NO/c16-15(17,18)11-6-7-13-12(8-11)19-9-14(20-13)10-4-2-1-3-5-10/h1-9,14H. The SMILES string of the molecule is FC(F)(F)c1ccc2c(c1)N=CC(c1ccccc1)O2. The monoisotopic (exact) mass is 277 g/mol. The lowest BCUT2D eigenvalue weighted by molar-refractivity contribution is -0.137. The Morgan fingerprint density at radius 3 is 2.45 bits per heavy atom. The number of benzene rings is 2. The molecule has 0 aromatic heterocycles. The number of rotatable bonds is 1. The highest BCUT2D eigenvalue weighted by atomic mass is 19.4. The Morgan fingerprint density at radius 2 is 1.75 bits per heavy atom. The quantitative estimate of drug-likeness (QED) is 0.749. The van der Waals surface area contributed by atoms with Gasteiger partial charge in [0.2, 0.25) is 0 Å². The second-order valence-corrected chi connectivity index (χ2v) is 4.41. The van der Waals surface area contributed by atoms with Crippen LogP contribution >= 0.6 is 0 Å². The lowest BCUT2D eigenvalue weighted by Gasteiger charge is -2.21. The van der Waals surface area contributed by atoms with E-state index in [9.17, 15) is 13.2 Å². The number of hydrogen-bond acceptors (Lipinski definition) is 2. The molecule has 0 spiro atoms. The van der Waals surface area contributed by atoms with Crippen molar-refractivity contribution >= 4 is 11.9 Å². The van der Waals surface area contributed by atoms with Gasteiger partial charge in [-0.05, 0) is 23.8 Å². The van der Waals surface area contributed by atoms with Crippen LogP contribution in [0.4, 0.5) is 18.9 Å². The fourth-order valence-corrected chi connectivity index (χ4v) is 2.01. The summed E-state index contributed by atoms with van der Waals surface area (Å²) in [5.74, 6) is 0.356. The van der Waals surface area contributed by atoms with Crippen molar-refractivity contribution in [2.45, 2.75) is 12.3 Å². The number of hydrogen-bond donors (Lipinski definition) is 0. The van der Waals surface area contributed by atoms with E-state index in [2.05, 4.69) is 4.99 Å². The average molecular weight is 277 g/mol. The second kappa shape index (κ2) is 4.67. The van der Waals surface area contributed by atoms with Crippen molar-refractivity contribution in [1.29, 1.82) is 0 Å². The molecule has 1 atom stereocenters. The number of fused-ring (bicyclic) bond motifs is 1. The van der Waals surface area contributed by atoms with E-state index in [0.29, 0.717) is 5.75 Å². The predicted octanol–water partition coefficient (Wildman–Crippen LogP) is 4.54. The molecule has 3 rings (SSSR count). The van der Waals surface area contributed by atoms with Crippen LogP contribution in [-0.4, -0.2) is 6.21 Å². The normalized spacial score (nSPS) is 17.4. The first kappa shape index (κ1) is 12.7. The molecule has 2 aromatic carbocycles. The molecule has 1 aliphatic heterocycles. The van der Waals surface area contributed by atoms with E-state index in [0.717, 1.165) is 17.7 Å². The van der Waals surface area contributed by atoms with Gasteiger partial charge in [-0.25, -0.2) is 0 Å². The summed E-state index contributed by atoms with van der Waals surface area (Å²) in [4.78, 5) is 4.07. The lowest BCUT2D eigenvalue weighted by Crippen LogP contribution is -2.13. The minimum absolute atomic E-state index is 0.201. The van der Waals surface area contributed by atoms with Crippen molar-refractivity contribution in [3.05, 3.63) is 59.7 Å². The molecule has 102 valence electrons. The zero-order valence-electron chi connectivity index (χ0n) is 10.3. The summed E-state index contributed by atoms with van der Waals surface area (Å²) in [6.07, 6.45) is -3.24. The van der Waals surface area contributed by atoms with Gasteiger partial charge in [-0.2, -0.15) is 13.2 Å². The minimum atomic E-state index is -4.37. The molecule has 0 N–H and O–H groups in total. The third-order valence-electron chi connectivity index (χ3n) is 3.02. The van der Waals surface area contributed by atoms with Crippen LogP contribution in [-0.2, 0) is 6.18 Å². The molecule has 0 aliphatic carbocycles. The maximum atomic E-state index is 12.6. The summed E-state index contributed by atoms with van der Waals surface area (Å²) in [5.41, 5.74) is 0.379. The molecule has 0 radical (unpaired) electrons. The first-order valence-corrected chi connectivity index (χ1v) is 6.01. The molecule has 1 aliphatic rings. The van der Waals surface area contributed by atoms with Crippen LogP contribution in [0, 0.1) is 0 Å². The maximum absolute atomic E-state index is 12.6. The van der Waals surface area contributed by atoms with Gasteiger partial charge in [0.1, 0.15) is 11.4 Å². The molecule has 2 aromatic rings. The highest BCUT2D eigenvalue weighted by molar-refractivity contribution is 5.75. The summed E-state index contributed by atoms with van der Waals surface area (Å²) < 4.78 is 43.5. The number of nitrogens with zero attached hydrogens (tertiary/aromatic N) is 1. The zero-order valence-corrected chi connectivity index (χ0v) is 10.3. The topological polar surface area (TPSA) is 21.6 Å². The molecule has 20 heavy (non-hydrogen) atoms. The van der Waals surface area contributed by atoms with Crippen LogP contribution in [0.25, 0.3) is 0 Å². The van der Waals surface area contributed by atoms with Crippen molar-refractivity contribution < 1.29 is 17.9 Å². The smallest absolute Gasteiger partial charge is 0.416 e. The van der Waals surface area contributed by atoms with Crippen LogP contribution in [0.2, 0.25) is 0 Å². The van der Waals surface area contributed by atoms with E-state index in [1.54, 1.807) is 0 Å². The summed E-state index contributed by atoms with van der Waals surface area (Å²) in [7, 11) is 0. The Labute approximate surface area is 113 Å². The van der Waals surface area contributed by atoms with Crippen molar-refractivity contribution in [2.75, 3.05) is 0 Å². The van der Waals surface area contributed by atoms with E-state index in [-0.39, 0.29) is 11.8 Å². The molecular weight excluding hydrogens is 267 g/mol. The van der Waals surface area contributed by atoms with Crippen LogP contribution in [0.5, 0.6) is 5.75 Å². The van der Waals surface area contributed by atoms with Gasteiger partial charge in [0.25, 0.3) is 0 Å². The van der Waals surface area contributed by atoms with Crippen molar-refractivity contribution in [3.8, 4) is 5.75 Å². The summed E-state index contributed by atoms with van der Waals surface area (Å²) in [6, 6.07) is 12.7. The van der Waals surface area contributed by atoms with E-state index in [1.807, 2.05) is 30.3 Å². The number of ether oxygens (including phenoxy) is 1. The summed E-state index contributed by atoms with van der Waals surface area (Å²) in [6.45, 7) is 0. The maximum Gasteiger partial charge on any atom is 0.416 e. The largest absolute Gasteiger partial charge is 0.478 e. The summed E-state index contributed by atoms with van der Waals surface area (Å²) in [5, 5.41) is 0. The third-order valence-corrected chi connectivity index (χ3v) is 3.02. The Hall–Kier alpha value is -2.30. The van der Waals surface area contributed by atoms with Crippen LogP contribution in [0.15, 0.2) is 53.5 Å². The van der Waals surface area contributed by atoms with Gasteiger partial charge in [0.15, 0.2) is 6.10 Å². The molecular formula is C15H10F3NO. The number of alkyl halides is 3. The Bertz CT molecular complexity index is 650. The fraction of sp³-hybridized carbons (Fsp3) is 0.133. The fourth-order valence-electron chi connectivity index (χ4n) is 2.01. The third kappa shape index (κ3) is 2.39. The van der Waals surface area contributed by atoms with E-state index >= 15 is 0 Å². The molecule has 1 heterocycles. The first-order valence-electron chi connectivity index (χ1n) is 6.01. The Balaban J connectivity index is 1.91. The zero-order chi connectivity index (χ0) is 14.2. The van der Waals surface area contributed by atoms with Crippen LogP contribution in [0.1, 0.15) is 17.2 Å². The van der Waals surface area contributed by atoms with Crippen LogP contribution in [0.3, 0.4) is 0 Å². The number of aliphatic imine (C=N–C) groups is 1. The van der Waals surface area contributed by atoms with Crippen molar-refractivity contribution in [3.63, 3.8) is 0 Å². The van der Waals surface area contributed by atoms with Crippen LogP contribution < -0.4 is 4.74 Å². The lowest BCUT2D eigenvalue weighted by atomic mass is 10.1. The van der Waals surface area contributed by atoms with Gasteiger partial charge in [0.05, 0.1) is 11.8 Å². The molecule has 0 amide bonds. The Morgan fingerprint density at radius 1 is 1.00 bits per heavy atom. The second-order valence-electron chi connectivity index (χ2n) is 4.41. The van der Waals surface area contributed by atoms with Gasteiger partial charge < -0.3 is 4.74 Å². The van der Waals surface area contributed by atoms with E-state index < -0.39 is 11.7 Å². The predicted molar refractivity (Wildman–Crippen MR) is 69.4 cm³/mol. The van der Waals surface area contributed by atoms with E-state index in [4.69, 9.17) is 4.74 Å². The van der Waals surface area contributed by atoms with Gasteiger partial charge in [-0.3, -0.25) is 4.99 Å². The van der Waals surface area contributed by atoms with Crippen molar-refractivity contribution in [2.24, 2.45) is 4.99 Å². The molecule has 5 heteroatoms. The average Bonchev–Trinajstić information content (AvgIpc) is 2.46. The van der Waals surface area contributed by atoms with Gasteiger partial charge >= 0.3 is 6.18 Å². The molecule has 0 fully saturated rings. The van der Waals surface area contributed by atoms with Gasteiger partial charge in [-0.1, -0.05) is 30.3 Å². The summed E-state index contributed by atoms with van der Waals surface area (Å²) >= 11 is 0. The first-order chi connectivity index (χ1) is 9.54. The Kier molecular flexibility index (Phi) is 2.97. The molecule has 1 unspecified atom stereocenters. The highest BCUT2D eigenvalue weighted by Gasteiger charge is 2.32. The molecule has 0 bridgehead atoms. The molecule has 0 saturated carbocycles. The number of halogens is 3. The highest BCUT2D eigenvalue weighted by Crippen LogP contribution is 2.39. The van der Waals surface area contributed by atoms with Crippen molar-refractivity contribution in [1.82, 2.24) is 0 Å². The van der Waals surface area contributed by atoms with Gasteiger partial charge in [0, 0.05) is 0 Å². The minimum Gasteiger partial charge on any atom is -0.478 e. The van der Waals surface area contributed by atoms with Gasteiger partial charge in [-0.15, -0.1) is 0 Å². The van der Waals surface area contributed by atoms with E-state index in [1.165, 1.54) is 12.3 Å².